The van der Waals surface area contributed by atoms with Gasteiger partial charge in [-0.1, -0.05) is 11.6 Å². The smallest absolute Gasteiger partial charge is 0.307 e. The van der Waals surface area contributed by atoms with E-state index in [1.54, 1.807) is 0 Å². The molecule has 0 spiro atoms. The Kier molecular flexibility index (Phi) is 4.19. The third-order valence-corrected chi connectivity index (χ3v) is 2.97. The van der Waals surface area contributed by atoms with Gasteiger partial charge >= 0.3 is 6.18 Å². The van der Waals surface area contributed by atoms with Gasteiger partial charge in [0.2, 0.25) is 5.91 Å². The van der Waals surface area contributed by atoms with Gasteiger partial charge in [0.15, 0.2) is 5.82 Å². The molecule has 1 amide bonds. The second kappa shape index (κ2) is 5.57. The number of carbonyl (C=O) groups excluding carboxylic acids is 1. The van der Waals surface area contributed by atoms with Gasteiger partial charge in [-0.05, 0) is 0 Å². The number of anilines is 1. The molecule has 5 nitrogen and oxygen atoms in total. The van der Waals surface area contributed by atoms with Gasteiger partial charge in [0.1, 0.15) is 17.7 Å². The largest absolute Gasteiger partial charge is 0.408 e. The summed E-state index contributed by atoms with van der Waals surface area (Å²) in [6, 6.07) is -0.742. The maximum atomic E-state index is 12.9. The molecule has 2 rings (SSSR count). The van der Waals surface area contributed by atoms with Gasteiger partial charge in [-0.2, -0.15) is 18.3 Å². The molecule has 1 aromatic heterocycles. The first-order valence-electron chi connectivity index (χ1n) is 5.72. The van der Waals surface area contributed by atoms with Crippen LogP contribution in [-0.4, -0.2) is 40.6 Å². The van der Waals surface area contributed by atoms with Crippen LogP contribution in [0.4, 0.5) is 23.4 Å². The van der Waals surface area contributed by atoms with E-state index in [4.69, 9.17) is 11.6 Å². The number of amides is 1. The fraction of sp³-hybridized carbons (Fsp3) is 0.600. The zero-order valence-electron chi connectivity index (χ0n) is 10.0. The summed E-state index contributed by atoms with van der Waals surface area (Å²) in [5.74, 6) is -0.755. The zero-order valence-corrected chi connectivity index (χ0v) is 10.8. The molecule has 0 radical (unpaired) electrons. The van der Waals surface area contributed by atoms with Gasteiger partial charge in [0.25, 0.3) is 0 Å². The highest BCUT2D eigenvalue weighted by atomic mass is 35.5. The highest BCUT2D eigenvalue weighted by molar-refractivity contribution is 6.33. The average molecular weight is 315 g/mol. The average Bonchev–Trinajstić information content (AvgIpc) is 2.84. The minimum absolute atomic E-state index is 0.00666. The molecule has 112 valence electrons. The fourth-order valence-electron chi connectivity index (χ4n) is 1.84. The van der Waals surface area contributed by atoms with E-state index in [2.05, 4.69) is 15.7 Å². The molecule has 0 bridgehead atoms. The number of carbonyl (C=O) groups is 1. The number of aromatic nitrogens is 2. The summed E-state index contributed by atoms with van der Waals surface area (Å²) in [5.41, 5.74) is 0. The van der Waals surface area contributed by atoms with Gasteiger partial charge in [-0.25, -0.2) is 4.39 Å². The normalized spacial score (nSPS) is 23.1. The Morgan fingerprint density at radius 1 is 1.60 bits per heavy atom. The first kappa shape index (κ1) is 15.0. The molecular formula is C10H11ClF4N4O. The molecule has 1 aliphatic rings. The van der Waals surface area contributed by atoms with E-state index >= 15 is 0 Å². The van der Waals surface area contributed by atoms with Crippen LogP contribution >= 0.6 is 11.6 Å². The van der Waals surface area contributed by atoms with Crippen molar-refractivity contribution in [2.45, 2.75) is 31.4 Å². The van der Waals surface area contributed by atoms with E-state index in [1.165, 1.54) is 0 Å². The van der Waals surface area contributed by atoms with E-state index in [0.29, 0.717) is 4.68 Å². The SMILES string of the molecule is O=C(Nc1nn(CC(F)(F)F)cc1Cl)C1CC(F)CN1. The lowest BCUT2D eigenvalue weighted by Gasteiger charge is -2.09. The Bertz CT molecular complexity index is 504. The van der Waals surface area contributed by atoms with Gasteiger partial charge in [-0.3, -0.25) is 9.48 Å². The molecule has 1 fully saturated rings. The lowest BCUT2D eigenvalue weighted by atomic mass is 10.2. The van der Waals surface area contributed by atoms with E-state index < -0.39 is 30.8 Å². The highest BCUT2D eigenvalue weighted by Gasteiger charge is 2.31. The van der Waals surface area contributed by atoms with Gasteiger partial charge < -0.3 is 10.6 Å². The lowest BCUT2D eigenvalue weighted by Crippen LogP contribution is -2.35. The molecule has 10 heteroatoms. The topological polar surface area (TPSA) is 59.0 Å². The number of alkyl halides is 4. The van der Waals surface area contributed by atoms with Crippen LogP contribution in [0, 0.1) is 0 Å². The van der Waals surface area contributed by atoms with Crippen LogP contribution in [0.1, 0.15) is 6.42 Å². The molecule has 1 saturated heterocycles. The van der Waals surface area contributed by atoms with Crippen LogP contribution in [0.5, 0.6) is 0 Å². The molecule has 0 saturated carbocycles. The molecular weight excluding hydrogens is 304 g/mol. The first-order chi connectivity index (χ1) is 9.24. The number of hydrogen-bond donors (Lipinski definition) is 2. The zero-order chi connectivity index (χ0) is 14.9. The summed E-state index contributed by atoms with van der Waals surface area (Å²) >= 11 is 5.69. The molecule has 2 N–H and O–H groups in total. The summed E-state index contributed by atoms with van der Waals surface area (Å²) in [6.45, 7) is -1.24. The second-order valence-corrected chi connectivity index (χ2v) is 4.83. The Hall–Kier alpha value is -1.35. The third-order valence-electron chi connectivity index (χ3n) is 2.69. The molecule has 0 aromatic carbocycles. The second-order valence-electron chi connectivity index (χ2n) is 4.42. The summed E-state index contributed by atoms with van der Waals surface area (Å²) < 4.78 is 50.1. The Balaban J connectivity index is 2.01. The van der Waals surface area contributed by atoms with Crippen molar-refractivity contribution >= 4 is 23.3 Å². The number of rotatable bonds is 3. The van der Waals surface area contributed by atoms with Crippen LogP contribution in [0.2, 0.25) is 5.02 Å². The van der Waals surface area contributed by atoms with Gasteiger partial charge in [0, 0.05) is 19.2 Å². The van der Waals surface area contributed by atoms with Crippen LogP contribution in [0.25, 0.3) is 0 Å². The minimum atomic E-state index is -4.44. The van der Waals surface area contributed by atoms with Crippen molar-refractivity contribution in [2.24, 2.45) is 0 Å². The van der Waals surface area contributed by atoms with Crippen LogP contribution in [0.3, 0.4) is 0 Å². The van der Waals surface area contributed by atoms with Crippen molar-refractivity contribution in [3.8, 4) is 0 Å². The Morgan fingerprint density at radius 2 is 2.30 bits per heavy atom. The number of hydrogen-bond acceptors (Lipinski definition) is 3. The predicted molar refractivity (Wildman–Crippen MR) is 63.2 cm³/mol. The molecule has 1 aromatic rings. The van der Waals surface area contributed by atoms with Gasteiger partial charge in [-0.15, -0.1) is 0 Å². The molecule has 1 aliphatic heterocycles. The summed E-state index contributed by atoms with van der Waals surface area (Å²) in [7, 11) is 0. The predicted octanol–water partition coefficient (Wildman–Crippen LogP) is 1.74. The quantitative estimate of drug-likeness (QED) is 0.836. The molecule has 20 heavy (non-hydrogen) atoms. The molecule has 2 unspecified atom stereocenters. The van der Waals surface area contributed by atoms with Gasteiger partial charge in [0.05, 0.1) is 6.04 Å². The summed E-state index contributed by atoms with van der Waals surface area (Å²) in [6.07, 6.45) is -4.59. The number of nitrogens with one attached hydrogen (secondary N) is 2. The molecule has 0 aliphatic carbocycles. The molecule has 2 atom stereocenters. The maximum absolute atomic E-state index is 12.9. The van der Waals surface area contributed by atoms with Crippen molar-refractivity contribution < 1.29 is 22.4 Å². The van der Waals surface area contributed by atoms with Crippen molar-refractivity contribution in [1.29, 1.82) is 0 Å². The summed E-state index contributed by atoms with van der Waals surface area (Å²) in [5, 5.41) is 8.35. The maximum Gasteiger partial charge on any atom is 0.408 e. The van der Waals surface area contributed by atoms with Crippen molar-refractivity contribution in [3.63, 3.8) is 0 Å². The van der Waals surface area contributed by atoms with E-state index in [9.17, 15) is 22.4 Å². The number of nitrogens with zero attached hydrogens (tertiary/aromatic N) is 2. The van der Waals surface area contributed by atoms with E-state index in [0.717, 1.165) is 6.20 Å². The lowest BCUT2D eigenvalue weighted by molar-refractivity contribution is -0.142. The van der Waals surface area contributed by atoms with Crippen LogP contribution in [0.15, 0.2) is 6.20 Å². The standard InChI is InChI=1S/C10H11ClF4N4O/c11-6-3-19(4-10(13,14)15)18-8(6)17-9(20)7-1-5(12)2-16-7/h3,5,7,16H,1-2,4H2,(H,17,18,20). The molecule has 2 heterocycles. The van der Waals surface area contributed by atoms with Crippen LogP contribution < -0.4 is 10.6 Å². The monoisotopic (exact) mass is 314 g/mol. The third kappa shape index (κ3) is 3.83. The van der Waals surface area contributed by atoms with Crippen molar-refractivity contribution in [3.05, 3.63) is 11.2 Å². The van der Waals surface area contributed by atoms with Crippen LogP contribution in [-0.2, 0) is 11.3 Å². The van der Waals surface area contributed by atoms with Crippen molar-refractivity contribution in [1.82, 2.24) is 15.1 Å². The summed E-state index contributed by atoms with van der Waals surface area (Å²) in [4.78, 5) is 11.7. The van der Waals surface area contributed by atoms with Crippen molar-refractivity contribution in [2.75, 3.05) is 11.9 Å². The van der Waals surface area contributed by atoms with E-state index in [1.807, 2.05) is 0 Å². The Labute approximate surface area is 116 Å². The van der Waals surface area contributed by atoms with E-state index in [-0.39, 0.29) is 23.8 Å². The Morgan fingerprint density at radius 3 is 2.85 bits per heavy atom. The number of halogens is 5. The fourth-order valence-corrected chi connectivity index (χ4v) is 2.04. The minimum Gasteiger partial charge on any atom is -0.307 e. The highest BCUT2D eigenvalue weighted by Crippen LogP contribution is 2.23. The first-order valence-corrected chi connectivity index (χ1v) is 6.10.